The third-order valence-electron chi connectivity index (χ3n) is 4.51. The maximum atomic E-state index is 14.5. The molecule has 8 nitrogen and oxygen atoms in total. The van der Waals surface area contributed by atoms with Crippen LogP contribution in [-0.2, 0) is 22.9 Å². The number of hydrogen-bond acceptors (Lipinski definition) is 5. The molecule has 2 heterocycles. The Balaban J connectivity index is 2.20. The largest absolute Gasteiger partial charge is 0.478 e. The van der Waals surface area contributed by atoms with Crippen LogP contribution in [0.15, 0.2) is 32.9 Å². The number of alkyl halides is 3. The third kappa shape index (κ3) is 3.47. The minimum absolute atomic E-state index is 0.0112. The van der Waals surface area contributed by atoms with Crippen LogP contribution in [0.25, 0.3) is 5.69 Å². The topological polar surface area (TPSA) is 103 Å². The van der Waals surface area contributed by atoms with Crippen molar-refractivity contribution in [3.05, 3.63) is 61.1 Å². The lowest BCUT2D eigenvalue weighted by atomic mass is 9.96. The summed E-state index contributed by atoms with van der Waals surface area (Å²) in [5.74, 6) is -2.49. The van der Waals surface area contributed by atoms with E-state index in [1.165, 1.54) is 6.92 Å². The van der Waals surface area contributed by atoms with Gasteiger partial charge in [-0.25, -0.2) is 18.5 Å². The number of carbonyl (C=O) groups is 1. The van der Waals surface area contributed by atoms with E-state index in [4.69, 9.17) is 16.4 Å². The first-order chi connectivity index (χ1) is 13.8. The predicted molar refractivity (Wildman–Crippen MR) is 95.5 cm³/mol. The Morgan fingerprint density at radius 3 is 2.47 bits per heavy atom. The number of carboxylic acids is 1. The molecule has 3 rings (SSSR count). The second-order valence-electron chi connectivity index (χ2n) is 6.67. The average molecular weight is 450 g/mol. The minimum Gasteiger partial charge on any atom is -0.478 e. The number of halogens is 5. The summed E-state index contributed by atoms with van der Waals surface area (Å²) in [7, 11) is 0.781. The highest BCUT2D eigenvalue weighted by molar-refractivity contribution is 6.34. The summed E-state index contributed by atoms with van der Waals surface area (Å²) in [4.78, 5) is 40.8. The molecule has 0 saturated heterocycles. The fraction of sp³-hybridized carbons (Fsp3) is 0.294. The maximum Gasteiger partial charge on any atom is 0.431 e. The van der Waals surface area contributed by atoms with Crippen LogP contribution in [0.1, 0.15) is 24.6 Å². The van der Waals surface area contributed by atoms with Crippen molar-refractivity contribution in [1.29, 1.82) is 0 Å². The molecule has 0 spiro atoms. The van der Waals surface area contributed by atoms with Crippen molar-refractivity contribution >= 4 is 23.3 Å². The van der Waals surface area contributed by atoms with E-state index in [-0.39, 0.29) is 37.9 Å². The van der Waals surface area contributed by atoms with E-state index in [9.17, 15) is 37.1 Å². The molecule has 1 aliphatic heterocycles. The lowest BCUT2D eigenvalue weighted by Gasteiger charge is -2.16. The van der Waals surface area contributed by atoms with Gasteiger partial charge >= 0.3 is 17.8 Å². The van der Waals surface area contributed by atoms with Gasteiger partial charge in [0.2, 0.25) is 5.60 Å². The van der Waals surface area contributed by atoms with Crippen LogP contribution in [-0.4, -0.2) is 31.5 Å². The molecule has 0 bridgehead atoms. The second kappa shape index (κ2) is 6.97. The molecule has 1 aromatic carbocycles. The first kappa shape index (κ1) is 21.6. The molecule has 0 amide bonds. The van der Waals surface area contributed by atoms with Crippen LogP contribution < -0.4 is 11.2 Å². The smallest absolute Gasteiger partial charge is 0.431 e. The van der Waals surface area contributed by atoms with E-state index in [2.05, 4.69) is 5.16 Å². The highest BCUT2D eigenvalue weighted by atomic mass is 35.5. The lowest BCUT2D eigenvalue weighted by Crippen LogP contribution is -2.41. The first-order valence-electron chi connectivity index (χ1n) is 8.15. The quantitative estimate of drug-likeness (QED) is 0.724. The maximum absolute atomic E-state index is 14.5. The van der Waals surface area contributed by atoms with Gasteiger partial charge in [-0.15, -0.1) is 0 Å². The number of hydrogen-bond donors (Lipinski definition) is 1. The fourth-order valence-electron chi connectivity index (χ4n) is 2.85. The molecule has 2 aromatic rings. The third-order valence-corrected chi connectivity index (χ3v) is 4.83. The highest BCUT2D eigenvalue weighted by Gasteiger charge is 2.43. The van der Waals surface area contributed by atoms with E-state index in [0.29, 0.717) is 0 Å². The Labute approximate surface area is 169 Å². The van der Waals surface area contributed by atoms with Crippen molar-refractivity contribution in [3.63, 3.8) is 0 Å². The summed E-state index contributed by atoms with van der Waals surface area (Å²) in [5, 5.41) is 12.6. The molecule has 13 heteroatoms. The van der Waals surface area contributed by atoms with Crippen molar-refractivity contribution in [2.45, 2.75) is 25.1 Å². The molecule has 0 aliphatic carbocycles. The van der Waals surface area contributed by atoms with Crippen LogP contribution in [0.3, 0.4) is 0 Å². The molecule has 0 radical (unpaired) electrons. The van der Waals surface area contributed by atoms with Crippen molar-refractivity contribution in [2.24, 2.45) is 12.2 Å². The minimum atomic E-state index is -4.98. The highest BCUT2D eigenvalue weighted by Crippen LogP contribution is 2.32. The number of nitrogens with zero attached hydrogens (tertiary/aromatic N) is 3. The molecule has 1 aliphatic rings. The van der Waals surface area contributed by atoms with E-state index >= 15 is 0 Å². The van der Waals surface area contributed by atoms with E-state index in [1.54, 1.807) is 0 Å². The van der Waals surface area contributed by atoms with Crippen LogP contribution in [0, 0.1) is 5.82 Å². The summed E-state index contributed by atoms with van der Waals surface area (Å²) < 4.78 is 53.9. The van der Waals surface area contributed by atoms with Gasteiger partial charge < -0.3 is 9.94 Å². The van der Waals surface area contributed by atoms with Crippen LogP contribution in [0.5, 0.6) is 0 Å². The SMILES string of the molecule is Cn1c(C(F)(F)F)cc(=O)n(-c2cc(C3=NOC(C)(C(=O)O)C3)c(Cl)cc2F)c1=O. The summed E-state index contributed by atoms with van der Waals surface area (Å²) >= 11 is 5.99. The van der Waals surface area contributed by atoms with Crippen LogP contribution in [0.2, 0.25) is 5.02 Å². The number of aliphatic carboxylic acids is 1. The van der Waals surface area contributed by atoms with Gasteiger partial charge in [0.05, 0.1) is 16.4 Å². The zero-order valence-electron chi connectivity index (χ0n) is 15.3. The molecule has 1 N–H and O–H groups in total. The Morgan fingerprint density at radius 1 is 1.30 bits per heavy atom. The second-order valence-corrected chi connectivity index (χ2v) is 7.08. The molecule has 160 valence electrons. The molecular formula is C17H12ClF4N3O5. The Bertz CT molecular complexity index is 1220. The van der Waals surface area contributed by atoms with E-state index < -0.39 is 46.2 Å². The van der Waals surface area contributed by atoms with Crippen LogP contribution >= 0.6 is 11.6 Å². The number of benzene rings is 1. The van der Waals surface area contributed by atoms with Gasteiger partial charge in [0.1, 0.15) is 11.5 Å². The molecule has 30 heavy (non-hydrogen) atoms. The van der Waals surface area contributed by atoms with Crippen molar-refractivity contribution in [3.8, 4) is 5.69 Å². The fourth-order valence-corrected chi connectivity index (χ4v) is 3.11. The Morgan fingerprint density at radius 2 is 1.93 bits per heavy atom. The van der Waals surface area contributed by atoms with E-state index in [0.717, 1.165) is 19.2 Å². The van der Waals surface area contributed by atoms with Gasteiger partial charge in [-0.3, -0.25) is 9.36 Å². The van der Waals surface area contributed by atoms with Gasteiger partial charge in [-0.05, 0) is 19.1 Å². The monoisotopic (exact) mass is 449 g/mol. The van der Waals surface area contributed by atoms with Gasteiger partial charge in [0.15, 0.2) is 0 Å². The molecule has 0 fully saturated rings. The average Bonchev–Trinajstić information content (AvgIpc) is 3.02. The number of aromatic nitrogens is 2. The predicted octanol–water partition coefficient (Wildman–Crippen LogP) is 2.32. The van der Waals surface area contributed by atoms with E-state index in [1.807, 2.05) is 0 Å². The Kier molecular flexibility index (Phi) is 5.01. The summed E-state index contributed by atoms with van der Waals surface area (Å²) in [5.41, 5.74) is -6.82. The zero-order chi connectivity index (χ0) is 22.6. The van der Waals surface area contributed by atoms with Gasteiger partial charge in [0.25, 0.3) is 5.56 Å². The standard InChI is InChI=1S/C17H12ClF4N3O5/c1-16(14(27)28)6-10(23-30-16)7-3-11(9(19)4-8(7)18)25-13(26)5-12(17(20,21)22)24(2)15(25)29/h3-5H,6H2,1-2H3,(H,27,28). The van der Waals surface area contributed by atoms with Gasteiger partial charge in [0, 0.05) is 25.1 Å². The lowest BCUT2D eigenvalue weighted by molar-refractivity contribution is -0.160. The van der Waals surface area contributed by atoms with Crippen molar-refractivity contribution < 1.29 is 32.3 Å². The number of rotatable bonds is 3. The van der Waals surface area contributed by atoms with Crippen molar-refractivity contribution in [2.75, 3.05) is 0 Å². The molecular weight excluding hydrogens is 438 g/mol. The zero-order valence-corrected chi connectivity index (χ0v) is 16.0. The summed E-state index contributed by atoms with van der Waals surface area (Å²) in [6.45, 7) is 1.24. The van der Waals surface area contributed by atoms with Crippen LogP contribution in [0.4, 0.5) is 17.6 Å². The normalized spacial score (nSPS) is 18.8. The molecule has 0 saturated carbocycles. The summed E-state index contributed by atoms with van der Waals surface area (Å²) in [6.07, 6.45) is -5.25. The molecule has 1 aromatic heterocycles. The van der Waals surface area contributed by atoms with Crippen molar-refractivity contribution in [1.82, 2.24) is 9.13 Å². The first-order valence-corrected chi connectivity index (χ1v) is 8.52. The molecule has 1 unspecified atom stereocenters. The van der Waals surface area contributed by atoms with Gasteiger partial charge in [-0.2, -0.15) is 13.2 Å². The molecule has 1 atom stereocenters. The number of carboxylic acid groups (broad SMARTS) is 1. The summed E-state index contributed by atoms with van der Waals surface area (Å²) in [6, 6.07) is 1.81. The number of oxime groups is 1. The van der Waals surface area contributed by atoms with Gasteiger partial charge in [-0.1, -0.05) is 16.8 Å². The Hall–Kier alpha value is -3.15.